The summed E-state index contributed by atoms with van der Waals surface area (Å²) >= 11 is 3.67. The Morgan fingerprint density at radius 2 is 1.74 bits per heavy atom. The van der Waals surface area contributed by atoms with E-state index in [2.05, 4.69) is 81.6 Å². The Kier molecular flexibility index (Phi) is 3.58. The summed E-state index contributed by atoms with van der Waals surface area (Å²) in [6, 6.07) is 17.5. The molecular weight excluding hydrogens is 300 g/mol. The van der Waals surface area contributed by atoms with Gasteiger partial charge in [0.15, 0.2) is 0 Å². The summed E-state index contributed by atoms with van der Waals surface area (Å²) in [4.78, 5) is 2.39. The number of hydrogen-bond donors (Lipinski definition) is 1. The second kappa shape index (κ2) is 5.35. The lowest BCUT2D eigenvalue weighted by Crippen LogP contribution is -2.33. The van der Waals surface area contributed by atoms with Crippen molar-refractivity contribution in [1.82, 2.24) is 5.32 Å². The van der Waals surface area contributed by atoms with Crippen LogP contribution in [0.1, 0.15) is 12.5 Å². The SMILES string of the molecule is CC1CN(c2ccccc2Br)c2ccccc2CN1. The number of rotatable bonds is 1. The Bertz CT molecular complexity index is 582. The maximum Gasteiger partial charge on any atom is 0.0555 e. The molecule has 1 unspecified atom stereocenters. The van der Waals surface area contributed by atoms with Crippen molar-refractivity contribution >= 4 is 27.3 Å². The first kappa shape index (κ1) is 12.7. The number of fused-ring (bicyclic) bond motifs is 1. The Balaban J connectivity index is 2.11. The van der Waals surface area contributed by atoms with Gasteiger partial charge in [0.2, 0.25) is 0 Å². The summed E-state index contributed by atoms with van der Waals surface area (Å²) in [5.74, 6) is 0. The zero-order valence-electron chi connectivity index (χ0n) is 10.9. The minimum Gasteiger partial charge on any atom is -0.339 e. The van der Waals surface area contributed by atoms with E-state index in [0.29, 0.717) is 6.04 Å². The highest BCUT2D eigenvalue weighted by atomic mass is 79.9. The molecule has 1 aliphatic rings. The highest BCUT2D eigenvalue weighted by molar-refractivity contribution is 9.10. The van der Waals surface area contributed by atoms with Crippen molar-refractivity contribution in [3.8, 4) is 0 Å². The molecule has 0 spiro atoms. The van der Waals surface area contributed by atoms with E-state index in [-0.39, 0.29) is 0 Å². The van der Waals surface area contributed by atoms with Gasteiger partial charge in [-0.15, -0.1) is 0 Å². The van der Waals surface area contributed by atoms with Crippen LogP contribution in [-0.2, 0) is 6.54 Å². The molecule has 98 valence electrons. The molecule has 0 fully saturated rings. The van der Waals surface area contributed by atoms with Gasteiger partial charge < -0.3 is 10.2 Å². The summed E-state index contributed by atoms with van der Waals surface area (Å²) in [5.41, 5.74) is 3.87. The lowest BCUT2D eigenvalue weighted by Gasteiger charge is -2.27. The van der Waals surface area contributed by atoms with Crippen molar-refractivity contribution in [2.45, 2.75) is 19.5 Å². The van der Waals surface area contributed by atoms with Gasteiger partial charge in [-0.3, -0.25) is 0 Å². The molecule has 3 rings (SSSR count). The summed E-state index contributed by atoms with van der Waals surface area (Å²) < 4.78 is 1.14. The van der Waals surface area contributed by atoms with E-state index in [1.807, 2.05) is 0 Å². The zero-order valence-corrected chi connectivity index (χ0v) is 12.5. The fourth-order valence-corrected chi connectivity index (χ4v) is 3.04. The average molecular weight is 317 g/mol. The normalized spacial score (nSPS) is 18.8. The van der Waals surface area contributed by atoms with E-state index in [1.54, 1.807) is 0 Å². The Labute approximate surface area is 122 Å². The van der Waals surface area contributed by atoms with Gasteiger partial charge >= 0.3 is 0 Å². The Hall–Kier alpha value is -1.32. The van der Waals surface area contributed by atoms with E-state index >= 15 is 0 Å². The second-order valence-electron chi connectivity index (χ2n) is 4.97. The van der Waals surface area contributed by atoms with Gasteiger partial charge in [-0.25, -0.2) is 0 Å². The molecular formula is C16H17BrN2. The van der Waals surface area contributed by atoms with Crippen molar-refractivity contribution in [3.63, 3.8) is 0 Å². The molecule has 0 radical (unpaired) electrons. The van der Waals surface area contributed by atoms with Crippen LogP contribution in [0.2, 0.25) is 0 Å². The molecule has 0 saturated heterocycles. The predicted molar refractivity (Wildman–Crippen MR) is 83.9 cm³/mol. The average Bonchev–Trinajstić information content (AvgIpc) is 2.59. The monoisotopic (exact) mass is 316 g/mol. The summed E-state index contributed by atoms with van der Waals surface area (Å²) in [6.45, 7) is 4.13. The van der Waals surface area contributed by atoms with Crippen molar-refractivity contribution in [1.29, 1.82) is 0 Å². The number of anilines is 2. The van der Waals surface area contributed by atoms with Crippen molar-refractivity contribution in [3.05, 3.63) is 58.6 Å². The summed E-state index contributed by atoms with van der Waals surface area (Å²) in [6.07, 6.45) is 0. The van der Waals surface area contributed by atoms with E-state index in [1.165, 1.54) is 16.9 Å². The molecule has 2 aromatic rings. The third-order valence-corrected chi connectivity index (χ3v) is 4.19. The molecule has 1 N–H and O–H groups in total. The third-order valence-electron chi connectivity index (χ3n) is 3.52. The molecule has 0 aliphatic carbocycles. The highest BCUT2D eigenvalue weighted by Gasteiger charge is 2.20. The minimum atomic E-state index is 0.458. The Morgan fingerprint density at radius 3 is 2.53 bits per heavy atom. The standard InChI is InChI=1S/C16H17BrN2/c1-12-11-19(16-9-5-3-7-14(16)17)15-8-4-2-6-13(15)10-18-12/h2-9,12,18H,10-11H2,1H3. The predicted octanol–water partition coefficient (Wildman–Crippen LogP) is 4.08. The molecule has 19 heavy (non-hydrogen) atoms. The first-order chi connectivity index (χ1) is 9.25. The smallest absolute Gasteiger partial charge is 0.0555 e. The molecule has 1 atom stereocenters. The first-order valence-electron chi connectivity index (χ1n) is 6.59. The van der Waals surface area contributed by atoms with Crippen LogP contribution < -0.4 is 10.2 Å². The first-order valence-corrected chi connectivity index (χ1v) is 7.38. The van der Waals surface area contributed by atoms with E-state index < -0.39 is 0 Å². The van der Waals surface area contributed by atoms with Crippen LogP contribution in [0.15, 0.2) is 53.0 Å². The lowest BCUT2D eigenvalue weighted by atomic mass is 10.1. The fourth-order valence-electron chi connectivity index (χ4n) is 2.54. The van der Waals surface area contributed by atoms with Crippen molar-refractivity contribution in [2.24, 2.45) is 0 Å². The van der Waals surface area contributed by atoms with E-state index in [9.17, 15) is 0 Å². The van der Waals surface area contributed by atoms with Gasteiger partial charge in [-0.05, 0) is 46.6 Å². The molecule has 0 bridgehead atoms. The van der Waals surface area contributed by atoms with Crippen LogP contribution in [0.25, 0.3) is 0 Å². The third kappa shape index (κ3) is 2.53. The van der Waals surface area contributed by atoms with E-state index in [0.717, 1.165) is 17.6 Å². The van der Waals surface area contributed by atoms with Gasteiger partial charge in [-0.1, -0.05) is 30.3 Å². The number of hydrogen-bond acceptors (Lipinski definition) is 2. The van der Waals surface area contributed by atoms with Gasteiger partial charge in [0.1, 0.15) is 0 Å². The van der Waals surface area contributed by atoms with Crippen molar-refractivity contribution in [2.75, 3.05) is 11.4 Å². The number of nitrogens with zero attached hydrogens (tertiary/aromatic N) is 1. The maximum atomic E-state index is 3.67. The van der Waals surface area contributed by atoms with Gasteiger partial charge in [0.25, 0.3) is 0 Å². The molecule has 1 heterocycles. The number of benzene rings is 2. The van der Waals surface area contributed by atoms with Crippen LogP contribution in [0.5, 0.6) is 0 Å². The van der Waals surface area contributed by atoms with Crippen LogP contribution in [0.3, 0.4) is 0 Å². The molecule has 0 saturated carbocycles. The molecule has 2 aromatic carbocycles. The van der Waals surface area contributed by atoms with Crippen LogP contribution in [0, 0.1) is 0 Å². The number of halogens is 1. The maximum absolute atomic E-state index is 3.67. The zero-order chi connectivity index (χ0) is 13.2. The van der Waals surface area contributed by atoms with Gasteiger partial charge in [-0.2, -0.15) is 0 Å². The fraction of sp³-hybridized carbons (Fsp3) is 0.250. The minimum absolute atomic E-state index is 0.458. The number of nitrogens with one attached hydrogen (secondary N) is 1. The molecule has 0 amide bonds. The molecule has 2 nitrogen and oxygen atoms in total. The topological polar surface area (TPSA) is 15.3 Å². The van der Waals surface area contributed by atoms with Crippen LogP contribution >= 0.6 is 15.9 Å². The Morgan fingerprint density at radius 1 is 1.05 bits per heavy atom. The molecule has 0 aromatic heterocycles. The van der Waals surface area contributed by atoms with Crippen LogP contribution in [0.4, 0.5) is 11.4 Å². The quantitative estimate of drug-likeness (QED) is 0.852. The summed E-state index contributed by atoms with van der Waals surface area (Å²) in [7, 11) is 0. The summed E-state index contributed by atoms with van der Waals surface area (Å²) in [5, 5.41) is 3.56. The molecule has 1 aliphatic heterocycles. The largest absolute Gasteiger partial charge is 0.339 e. The van der Waals surface area contributed by atoms with Gasteiger partial charge in [0.05, 0.1) is 5.69 Å². The van der Waals surface area contributed by atoms with Crippen LogP contribution in [-0.4, -0.2) is 12.6 Å². The number of para-hydroxylation sites is 2. The highest BCUT2D eigenvalue weighted by Crippen LogP contribution is 2.35. The van der Waals surface area contributed by atoms with Crippen molar-refractivity contribution < 1.29 is 0 Å². The van der Waals surface area contributed by atoms with Gasteiger partial charge in [0, 0.05) is 29.3 Å². The van der Waals surface area contributed by atoms with E-state index in [4.69, 9.17) is 0 Å². The second-order valence-corrected chi connectivity index (χ2v) is 5.83. The lowest BCUT2D eigenvalue weighted by molar-refractivity contribution is 0.568. The molecule has 3 heteroatoms.